The molecule has 1 aromatic heterocycles. The molecular weight excluding hydrogens is 393 g/mol. The van der Waals surface area contributed by atoms with E-state index in [4.69, 9.17) is 16.7 Å². The minimum absolute atomic E-state index is 0.00565. The molecule has 0 aliphatic heterocycles. The van der Waals surface area contributed by atoms with Gasteiger partial charge < -0.3 is 5.11 Å². The second kappa shape index (κ2) is 5.06. The van der Waals surface area contributed by atoms with Gasteiger partial charge >= 0.3 is 5.97 Å². The van der Waals surface area contributed by atoms with Gasteiger partial charge in [0.05, 0.1) is 9.90 Å². The van der Waals surface area contributed by atoms with Crippen molar-refractivity contribution in [2.45, 2.75) is 0 Å². The van der Waals surface area contributed by atoms with Gasteiger partial charge in [-0.1, -0.05) is 33.6 Å². The second-order valence-electron chi connectivity index (χ2n) is 3.07. The fraction of sp³-hybridized carbons (Fsp3) is 0. The highest BCUT2D eigenvalue weighted by Gasteiger charge is 2.19. The predicted octanol–water partition coefficient (Wildman–Crippen LogP) is 4.69. The first kappa shape index (κ1) is 13.0. The third-order valence-electron chi connectivity index (χ3n) is 1.98. The molecule has 0 radical (unpaired) electrons. The zero-order chi connectivity index (χ0) is 12.6. The molecule has 0 amide bonds. The number of hydrogen-bond donors (Lipinski definition) is 1. The molecule has 88 valence electrons. The SMILES string of the molecule is O=C(O)c1nc(Br)sc1-c1ccc(Br)cc1Cl. The number of thiazole rings is 1. The van der Waals surface area contributed by atoms with E-state index in [-0.39, 0.29) is 5.69 Å². The number of aromatic carboxylic acids is 1. The molecule has 7 heteroatoms. The van der Waals surface area contributed by atoms with Crippen LogP contribution in [0.25, 0.3) is 10.4 Å². The number of hydrogen-bond acceptors (Lipinski definition) is 3. The number of benzene rings is 1. The van der Waals surface area contributed by atoms with Crippen LogP contribution in [0.5, 0.6) is 0 Å². The largest absolute Gasteiger partial charge is 0.476 e. The minimum atomic E-state index is -1.07. The van der Waals surface area contributed by atoms with E-state index in [0.717, 1.165) is 4.47 Å². The molecule has 0 aliphatic carbocycles. The van der Waals surface area contributed by atoms with E-state index in [1.807, 2.05) is 0 Å². The number of carboxylic acids is 1. The highest BCUT2D eigenvalue weighted by atomic mass is 79.9. The van der Waals surface area contributed by atoms with Gasteiger partial charge in [0.1, 0.15) is 0 Å². The molecule has 17 heavy (non-hydrogen) atoms. The van der Waals surface area contributed by atoms with E-state index in [9.17, 15) is 4.79 Å². The van der Waals surface area contributed by atoms with Gasteiger partial charge in [0.25, 0.3) is 0 Å². The Bertz CT molecular complexity index is 600. The molecule has 0 atom stereocenters. The Morgan fingerprint density at radius 2 is 2.12 bits per heavy atom. The van der Waals surface area contributed by atoms with Gasteiger partial charge in [-0.2, -0.15) is 0 Å². The van der Waals surface area contributed by atoms with Crippen molar-refractivity contribution in [3.8, 4) is 10.4 Å². The number of rotatable bonds is 2. The molecule has 0 spiro atoms. The summed E-state index contributed by atoms with van der Waals surface area (Å²) in [5.41, 5.74) is 0.668. The van der Waals surface area contributed by atoms with Gasteiger partial charge in [-0.25, -0.2) is 9.78 Å². The summed E-state index contributed by atoms with van der Waals surface area (Å²) in [6.07, 6.45) is 0. The van der Waals surface area contributed by atoms with Crippen molar-refractivity contribution in [2.75, 3.05) is 0 Å². The van der Waals surface area contributed by atoms with Gasteiger partial charge in [0, 0.05) is 10.0 Å². The number of aromatic nitrogens is 1. The second-order valence-corrected chi connectivity index (χ2v) is 6.67. The van der Waals surface area contributed by atoms with E-state index in [1.165, 1.54) is 11.3 Å². The van der Waals surface area contributed by atoms with Crippen LogP contribution in [0.2, 0.25) is 5.02 Å². The van der Waals surface area contributed by atoms with E-state index < -0.39 is 5.97 Å². The van der Waals surface area contributed by atoms with Crippen LogP contribution in [0.3, 0.4) is 0 Å². The summed E-state index contributed by atoms with van der Waals surface area (Å²) in [5.74, 6) is -1.07. The van der Waals surface area contributed by atoms with Crippen LogP contribution in [0.15, 0.2) is 26.6 Å². The van der Waals surface area contributed by atoms with Crippen LogP contribution >= 0.6 is 54.8 Å². The molecule has 1 N–H and O–H groups in total. The molecule has 2 rings (SSSR count). The number of halogens is 3. The van der Waals surface area contributed by atoms with Crippen LogP contribution in [0.1, 0.15) is 10.5 Å². The fourth-order valence-corrected chi connectivity index (χ4v) is 3.60. The zero-order valence-electron chi connectivity index (χ0n) is 8.08. The van der Waals surface area contributed by atoms with E-state index in [0.29, 0.717) is 19.4 Å². The summed E-state index contributed by atoms with van der Waals surface area (Å²) in [5, 5.41) is 9.54. The summed E-state index contributed by atoms with van der Waals surface area (Å²) in [6.45, 7) is 0. The molecule has 2 aromatic rings. The number of carbonyl (C=O) groups is 1. The fourth-order valence-electron chi connectivity index (χ4n) is 1.30. The molecule has 0 fully saturated rings. The first-order chi connectivity index (χ1) is 7.99. The van der Waals surface area contributed by atoms with Crippen LogP contribution in [-0.2, 0) is 0 Å². The van der Waals surface area contributed by atoms with Crippen molar-refractivity contribution < 1.29 is 9.90 Å². The normalized spacial score (nSPS) is 10.5. The van der Waals surface area contributed by atoms with E-state index in [2.05, 4.69) is 36.8 Å². The summed E-state index contributed by atoms with van der Waals surface area (Å²) in [7, 11) is 0. The van der Waals surface area contributed by atoms with Gasteiger partial charge in [-0.05, 0) is 28.1 Å². The summed E-state index contributed by atoms with van der Waals surface area (Å²) < 4.78 is 1.36. The van der Waals surface area contributed by atoms with Gasteiger partial charge in [0.2, 0.25) is 0 Å². The average Bonchev–Trinajstić information content (AvgIpc) is 2.60. The molecule has 1 aromatic carbocycles. The Balaban J connectivity index is 2.63. The molecule has 0 unspecified atom stereocenters. The average molecular weight is 397 g/mol. The molecule has 0 aliphatic rings. The maximum Gasteiger partial charge on any atom is 0.356 e. The Morgan fingerprint density at radius 1 is 1.41 bits per heavy atom. The van der Waals surface area contributed by atoms with Crippen LogP contribution in [0.4, 0.5) is 0 Å². The Kier molecular flexibility index (Phi) is 3.87. The maximum atomic E-state index is 11.1. The van der Waals surface area contributed by atoms with Crippen LogP contribution in [0, 0.1) is 0 Å². The molecule has 0 saturated heterocycles. The van der Waals surface area contributed by atoms with E-state index >= 15 is 0 Å². The summed E-state index contributed by atoms with van der Waals surface area (Å²) >= 11 is 13.8. The lowest BCUT2D eigenvalue weighted by molar-refractivity contribution is 0.0692. The molecule has 0 saturated carbocycles. The highest BCUT2D eigenvalue weighted by molar-refractivity contribution is 9.11. The van der Waals surface area contributed by atoms with Crippen molar-refractivity contribution in [1.29, 1.82) is 0 Å². The Morgan fingerprint density at radius 3 is 2.71 bits per heavy atom. The summed E-state index contributed by atoms with van der Waals surface area (Å²) in [4.78, 5) is 15.5. The van der Waals surface area contributed by atoms with Crippen molar-refractivity contribution in [2.24, 2.45) is 0 Å². The summed E-state index contributed by atoms with van der Waals surface area (Å²) in [6, 6.07) is 5.29. The third kappa shape index (κ3) is 2.70. The van der Waals surface area contributed by atoms with Gasteiger partial charge in [-0.15, -0.1) is 11.3 Å². The smallest absolute Gasteiger partial charge is 0.356 e. The van der Waals surface area contributed by atoms with Crippen molar-refractivity contribution in [3.05, 3.63) is 37.3 Å². The molecule has 0 bridgehead atoms. The standard InChI is InChI=1S/C10H4Br2ClNO2S/c11-4-1-2-5(6(13)3-4)8-7(9(15)16)14-10(12)17-8/h1-3H,(H,15,16). The Labute approximate surface area is 123 Å². The quantitative estimate of drug-likeness (QED) is 0.800. The first-order valence-corrected chi connectivity index (χ1v) is 7.12. The van der Waals surface area contributed by atoms with E-state index in [1.54, 1.807) is 18.2 Å². The highest BCUT2D eigenvalue weighted by Crippen LogP contribution is 2.38. The van der Waals surface area contributed by atoms with Crippen molar-refractivity contribution in [1.82, 2.24) is 4.98 Å². The molecule has 1 heterocycles. The predicted molar refractivity (Wildman–Crippen MR) is 74.9 cm³/mol. The topological polar surface area (TPSA) is 50.2 Å². The lowest BCUT2D eigenvalue weighted by Gasteiger charge is -2.02. The first-order valence-electron chi connectivity index (χ1n) is 4.34. The van der Waals surface area contributed by atoms with Crippen LogP contribution < -0.4 is 0 Å². The Hall–Kier alpha value is -0.430. The number of nitrogens with zero attached hydrogens (tertiary/aromatic N) is 1. The van der Waals surface area contributed by atoms with Crippen molar-refractivity contribution in [3.63, 3.8) is 0 Å². The molecule has 3 nitrogen and oxygen atoms in total. The third-order valence-corrected chi connectivity index (χ3v) is 4.33. The zero-order valence-corrected chi connectivity index (χ0v) is 12.8. The lowest BCUT2D eigenvalue weighted by atomic mass is 10.1. The minimum Gasteiger partial charge on any atom is -0.476 e. The monoisotopic (exact) mass is 395 g/mol. The molecular formula is C10H4Br2ClNO2S. The number of carboxylic acid groups (broad SMARTS) is 1. The lowest BCUT2D eigenvalue weighted by Crippen LogP contribution is -1.98. The van der Waals surface area contributed by atoms with Gasteiger partial charge in [-0.3, -0.25) is 0 Å². The van der Waals surface area contributed by atoms with Gasteiger partial charge in [0.15, 0.2) is 9.61 Å². The van der Waals surface area contributed by atoms with Crippen LogP contribution in [-0.4, -0.2) is 16.1 Å². The maximum absolute atomic E-state index is 11.1. The van der Waals surface area contributed by atoms with Crippen molar-refractivity contribution >= 4 is 60.8 Å².